The Morgan fingerprint density at radius 2 is 2.07 bits per heavy atom. The van der Waals surface area contributed by atoms with Gasteiger partial charge in [-0.25, -0.2) is 19.2 Å². The van der Waals surface area contributed by atoms with Gasteiger partial charge in [-0.15, -0.1) is 0 Å². The van der Waals surface area contributed by atoms with Gasteiger partial charge in [0.2, 0.25) is 5.88 Å². The highest BCUT2D eigenvalue weighted by atomic mass is 19.1. The van der Waals surface area contributed by atoms with Gasteiger partial charge in [-0.2, -0.15) is 5.26 Å². The maximum atomic E-state index is 14.4. The third-order valence-corrected chi connectivity index (χ3v) is 9.82. The van der Waals surface area contributed by atoms with Gasteiger partial charge in [-0.05, 0) is 49.2 Å². The number of imidazole rings is 1. The molecule has 5 fully saturated rings. The minimum Gasteiger partial charge on any atom is -0.473 e. The second-order valence-corrected chi connectivity index (χ2v) is 12.3. The van der Waals surface area contributed by atoms with Gasteiger partial charge in [-0.3, -0.25) is 4.90 Å². The third kappa shape index (κ3) is 4.94. The summed E-state index contributed by atoms with van der Waals surface area (Å²) in [6.45, 7) is 2.97. The Morgan fingerprint density at radius 3 is 2.84 bits per heavy atom. The Kier molecular flexibility index (Phi) is 7.01. The van der Waals surface area contributed by atoms with Crippen LogP contribution in [0.3, 0.4) is 0 Å². The molecule has 0 amide bonds. The lowest BCUT2D eigenvalue weighted by Gasteiger charge is -2.53. The van der Waals surface area contributed by atoms with Crippen LogP contribution in [0.25, 0.3) is 11.0 Å². The zero-order valence-electron chi connectivity index (χ0n) is 24.8. The number of hydrogen-bond acceptors (Lipinski definition) is 9. The van der Waals surface area contributed by atoms with Crippen LogP contribution in [0.4, 0.5) is 4.39 Å². The van der Waals surface area contributed by atoms with Crippen LogP contribution in [-0.2, 0) is 33.9 Å². The number of hydrogen-bond donors (Lipinski definition) is 0. The monoisotopic (exact) mass is 609 g/mol. The Bertz CT molecular complexity index is 1830. The van der Waals surface area contributed by atoms with Gasteiger partial charge in [0.15, 0.2) is 0 Å². The average Bonchev–Trinajstić information content (AvgIpc) is 3.49. The van der Waals surface area contributed by atoms with E-state index in [9.17, 15) is 9.18 Å². The summed E-state index contributed by atoms with van der Waals surface area (Å²) in [6.07, 6.45) is 2.28. The Morgan fingerprint density at radius 1 is 1.18 bits per heavy atom. The number of aromatic nitrogens is 3. The van der Waals surface area contributed by atoms with Gasteiger partial charge >= 0.3 is 5.97 Å². The standard InChI is InChI=1S/C34H32FN5O5/c1-42-34(41)20-7-8-26-27(12-20)40(15-22-9-10-43-22)30(37-26)17-39-16-29-32-23(13-28(39)33(32)45-29)25-3-2-4-31(38-25)44-18-21-6-5-19(14-36)11-24(21)35/h2-8,11-12,22-23,28-29,32-33H,9-10,13,15-18H2,1H3/t22-,23?,28?,29?,32?,33?/m0/s1. The van der Waals surface area contributed by atoms with E-state index < -0.39 is 5.82 Å². The van der Waals surface area contributed by atoms with Gasteiger partial charge in [0.05, 0.1) is 66.7 Å². The van der Waals surface area contributed by atoms with E-state index in [0.717, 1.165) is 48.5 Å². The molecule has 5 unspecified atom stereocenters. The molecule has 4 aliphatic heterocycles. The topological polar surface area (TPSA) is 112 Å². The maximum absolute atomic E-state index is 14.4. The molecule has 6 heterocycles. The van der Waals surface area contributed by atoms with Crippen molar-refractivity contribution >= 4 is 17.0 Å². The van der Waals surface area contributed by atoms with Gasteiger partial charge in [-0.1, -0.05) is 12.1 Å². The van der Waals surface area contributed by atoms with Crippen molar-refractivity contribution in [3.05, 3.63) is 88.6 Å². The maximum Gasteiger partial charge on any atom is 0.337 e. The number of pyridine rings is 1. The number of nitriles is 1. The van der Waals surface area contributed by atoms with Gasteiger partial charge < -0.3 is 23.5 Å². The van der Waals surface area contributed by atoms with Gasteiger partial charge in [0.25, 0.3) is 0 Å². The first-order valence-electron chi connectivity index (χ1n) is 15.4. The van der Waals surface area contributed by atoms with Crippen LogP contribution in [0.15, 0.2) is 54.6 Å². The lowest BCUT2D eigenvalue weighted by Crippen LogP contribution is -2.65. The zero-order chi connectivity index (χ0) is 30.7. The predicted molar refractivity (Wildman–Crippen MR) is 159 cm³/mol. The molecular weight excluding hydrogens is 577 g/mol. The molecule has 9 rings (SSSR count). The molecule has 5 aliphatic rings. The summed E-state index contributed by atoms with van der Waals surface area (Å²) in [5.74, 6) is 1.17. The molecule has 0 radical (unpaired) electrons. The summed E-state index contributed by atoms with van der Waals surface area (Å²) in [4.78, 5) is 24.6. The van der Waals surface area contributed by atoms with E-state index >= 15 is 0 Å². The van der Waals surface area contributed by atoms with Crippen molar-refractivity contribution in [2.75, 3.05) is 20.3 Å². The fourth-order valence-corrected chi connectivity index (χ4v) is 7.44. The highest BCUT2D eigenvalue weighted by Gasteiger charge is 2.62. The molecule has 2 aromatic carbocycles. The summed E-state index contributed by atoms with van der Waals surface area (Å²) in [5.41, 5.74) is 3.87. The first-order chi connectivity index (χ1) is 22.0. The molecule has 230 valence electrons. The number of morpholine rings is 1. The van der Waals surface area contributed by atoms with E-state index in [-0.39, 0.29) is 48.4 Å². The minimum atomic E-state index is -0.468. The molecule has 1 saturated carbocycles. The number of carbonyl (C=O) groups excluding carboxylic acids is 1. The van der Waals surface area contributed by atoms with E-state index in [2.05, 4.69) is 9.47 Å². The smallest absolute Gasteiger partial charge is 0.337 e. The minimum absolute atomic E-state index is 0.0286. The van der Waals surface area contributed by atoms with Crippen LogP contribution in [0.1, 0.15) is 51.8 Å². The van der Waals surface area contributed by atoms with E-state index in [0.29, 0.717) is 36.0 Å². The van der Waals surface area contributed by atoms with Gasteiger partial charge in [0, 0.05) is 48.4 Å². The van der Waals surface area contributed by atoms with Crippen molar-refractivity contribution in [1.29, 1.82) is 5.26 Å². The first kappa shape index (κ1) is 28.1. The van der Waals surface area contributed by atoms with Crippen molar-refractivity contribution in [2.45, 2.75) is 62.8 Å². The zero-order valence-corrected chi connectivity index (χ0v) is 24.8. The molecule has 4 aromatic rings. The second-order valence-electron chi connectivity index (χ2n) is 12.3. The van der Waals surface area contributed by atoms with Crippen LogP contribution >= 0.6 is 0 Å². The highest BCUT2D eigenvalue weighted by Crippen LogP contribution is 2.55. The molecule has 1 aliphatic carbocycles. The number of esters is 1. The first-order valence-corrected chi connectivity index (χ1v) is 15.4. The molecule has 2 aromatic heterocycles. The summed E-state index contributed by atoms with van der Waals surface area (Å²) < 4.78 is 39.5. The molecule has 45 heavy (non-hydrogen) atoms. The summed E-state index contributed by atoms with van der Waals surface area (Å²) >= 11 is 0. The number of halogens is 1. The summed E-state index contributed by atoms with van der Waals surface area (Å²) in [7, 11) is 1.39. The van der Waals surface area contributed by atoms with Crippen molar-refractivity contribution in [1.82, 2.24) is 19.4 Å². The highest BCUT2D eigenvalue weighted by molar-refractivity contribution is 5.93. The van der Waals surface area contributed by atoms with Crippen molar-refractivity contribution in [3.8, 4) is 11.9 Å². The number of fused-ring (bicyclic) bond motifs is 2. The molecule has 4 saturated heterocycles. The van der Waals surface area contributed by atoms with Crippen LogP contribution in [0, 0.1) is 23.1 Å². The lowest BCUT2D eigenvalue weighted by molar-refractivity contribution is -0.236. The van der Waals surface area contributed by atoms with Crippen LogP contribution in [-0.4, -0.2) is 70.0 Å². The molecule has 4 bridgehead atoms. The molecule has 6 atom stereocenters. The molecule has 0 N–H and O–H groups in total. The number of ether oxygens (including phenoxy) is 4. The van der Waals surface area contributed by atoms with Crippen LogP contribution < -0.4 is 4.74 Å². The Labute approximate surface area is 259 Å². The van der Waals surface area contributed by atoms with E-state index in [4.69, 9.17) is 34.2 Å². The van der Waals surface area contributed by atoms with E-state index in [1.807, 2.05) is 30.3 Å². The lowest BCUT2D eigenvalue weighted by atomic mass is 9.80. The molecular formula is C34H32FN5O5. The molecule has 10 nitrogen and oxygen atoms in total. The molecule has 11 heteroatoms. The third-order valence-electron chi connectivity index (χ3n) is 9.82. The Balaban J connectivity index is 1.01. The largest absolute Gasteiger partial charge is 0.473 e. The van der Waals surface area contributed by atoms with Gasteiger partial charge in [0.1, 0.15) is 18.2 Å². The number of rotatable bonds is 9. The van der Waals surface area contributed by atoms with E-state index in [1.165, 1.54) is 13.2 Å². The quantitative estimate of drug-likeness (QED) is 0.256. The SMILES string of the molecule is COC(=O)c1ccc2nc(CN3CC4OC5C4C(c4cccc(OCc6ccc(C#N)cc6F)n4)CC53)n(C[C@@H]3CCO3)c2c1. The number of methoxy groups -OCH3 is 1. The number of carbonyl (C=O) groups is 1. The number of benzene rings is 2. The number of nitrogens with zero attached hydrogens (tertiary/aromatic N) is 5. The van der Waals surface area contributed by atoms with Crippen molar-refractivity contribution < 1.29 is 28.1 Å². The predicted octanol–water partition coefficient (Wildman–Crippen LogP) is 4.35. The van der Waals surface area contributed by atoms with Crippen molar-refractivity contribution in [3.63, 3.8) is 0 Å². The van der Waals surface area contributed by atoms with Crippen LogP contribution in [0.2, 0.25) is 0 Å². The summed E-state index contributed by atoms with van der Waals surface area (Å²) in [5, 5.41) is 9.00. The summed E-state index contributed by atoms with van der Waals surface area (Å²) in [6, 6.07) is 17.8. The van der Waals surface area contributed by atoms with Crippen LogP contribution in [0.5, 0.6) is 5.88 Å². The van der Waals surface area contributed by atoms with E-state index in [1.54, 1.807) is 24.3 Å². The average molecular weight is 610 g/mol. The number of piperidine rings is 1. The Hall–Kier alpha value is -4.37. The second kappa shape index (κ2) is 11.2. The molecule has 0 spiro atoms. The van der Waals surface area contributed by atoms with Crippen molar-refractivity contribution in [2.24, 2.45) is 5.92 Å². The fraction of sp³-hybridized carbons (Fsp3) is 0.412. The normalized spacial score (nSPS) is 26.6. The fourth-order valence-electron chi connectivity index (χ4n) is 7.44.